The number of hydrogen-bond donors (Lipinski definition) is 0. The minimum absolute atomic E-state index is 0.0678. The number of halogens is 5. The van der Waals surface area contributed by atoms with E-state index in [0.29, 0.717) is 0 Å². The predicted octanol–water partition coefficient (Wildman–Crippen LogP) is 4.45. The summed E-state index contributed by atoms with van der Waals surface area (Å²) in [4.78, 5) is 0. The minimum atomic E-state index is -4.57. The summed E-state index contributed by atoms with van der Waals surface area (Å²) in [5, 5.41) is 0. The van der Waals surface area contributed by atoms with Crippen LogP contribution in [0.25, 0.3) is 11.1 Å². The van der Waals surface area contributed by atoms with Gasteiger partial charge in [0.2, 0.25) is 0 Å². The van der Waals surface area contributed by atoms with Crippen LogP contribution in [0.1, 0.15) is 5.56 Å². The van der Waals surface area contributed by atoms with Gasteiger partial charge in [0, 0.05) is 5.56 Å². The fourth-order valence-electron chi connectivity index (χ4n) is 1.56. The zero-order valence-corrected chi connectivity index (χ0v) is 8.85. The maximum absolute atomic E-state index is 13.0. The van der Waals surface area contributed by atoms with Crippen molar-refractivity contribution in [2.24, 2.45) is 0 Å². The second-order valence-electron chi connectivity index (χ2n) is 3.59. The zero-order valence-electron chi connectivity index (χ0n) is 8.85. The maximum Gasteiger partial charge on any atom is 0.417 e. The largest absolute Gasteiger partial charge is 0.417 e. The third kappa shape index (κ3) is 2.34. The molecular formula is C13H6F5. The SMILES string of the molecule is Fc1ccc(-c2[c]cccc2C(F)(F)F)cc1F. The van der Waals surface area contributed by atoms with Crippen LogP contribution in [0.4, 0.5) is 22.0 Å². The summed E-state index contributed by atoms with van der Waals surface area (Å²) >= 11 is 0. The first-order chi connectivity index (χ1) is 8.39. The van der Waals surface area contributed by atoms with Gasteiger partial charge in [-0.25, -0.2) is 8.78 Å². The Morgan fingerprint density at radius 1 is 0.944 bits per heavy atom. The van der Waals surface area contributed by atoms with E-state index in [4.69, 9.17) is 0 Å². The summed E-state index contributed by atoms with van der Waals surface area (Å²) in [6, 6.07) is 8.32. The average molecular weight is 257 g/mol. The van der Waals surface area contributed by atoms with Crippen LogP contribution >= 0.6 is 0 Å². The van der Waals surface area contributed by atoms with Crippen molar-refractivity contribution < 1.29 is 22.0 Å². The van der Waals surface area contributed by atoms with Gasteiger partial charge < -0.3 is 0 Å². The average Bonchev–Trinajstić information content (AvgIpc) is 2.32. The molecule has 1 radical (unpaired) electrons. The molecule has 2 aromatic carbocycles. The highest BCUT2D eigenvalue weighted by Crippen LogP contribution is 2.36. The third-order valence-electron chi connectivity index (χ3n) is 2.37. The van der Waals surface area contributed by atoms with Crippen molar-refractivity contribution in [3.63, 3.8) is 0 Å². The van der Waals surface area contributed by atoms with E-state index in [1.165, 1.54) is 12.1 Å². The van der Waals surface area contributed by atoms with Crippen LogP contribution in [0, 0.1) is 17.7 Å². The van der Waals surface area contributed by atoms with E-state index in [2.05, 4.69) is 6.07 Å². The second kappa shape index (κ2) is 4.40. The minimum Gasteiger partial charge on any atom is -0.204 e. The standard InChI is InChI=1S/C13H6F5/c14-11-6-5-8(7-12(11)15)9-3-1-2-4-10(9)13(16,17)18/h1-2,4-7H. The second-order valence-corrected chi connectivity index (χ2v) is 3.59. The number of hydrogen-bond acceptors (Lipinski definition) is 0. The Balaban J connectivity index is 2.61. The molecule has 0 nitrogen and oxygen atoms in total. The molecule has 0 aliphatic heterocycles. The predicted molar refractivity (Wildman–Crippen MR) is 55.6 cm³/mol. The quantitative estimate of drug-likeness (QED) is 0.662. The fourth-order valence-corrected chi connectivity index (χ4v) is 1.56. The molecule has 0 bridgehead atoms. The van der Waals surface area contributed by atoms with Crippen molar-refractivity contribution in [1.82, 2.24) is 0 Å². The molecule has 0 fully saturated rings. The van der Waals surface area contributed by atoms with E-state index in [0.717, 1.165) is 24.3 Å². The zero-order chi connectivity index (χ0) is 13.3. The van der Waals surface area contributed by atoms with Crippen LogP contribution in [0.2, 0.25) is 0 Å². The summed E-state index contributed by atoms with van der Waals surface area (Å²) in [6.45, 7) is 0. The van der Waals surface area contributed by atoms with E-state index < -0.39 is 23.4 Å². The first-order valence-electron chi connectivity index (χ1n) is 4.93. The first kappa shape index (κ1) is 12.5. The van der Waals surface area contributed by atoms with Crippen LogP contribution in [0.15, 0.2) is 36.4 Å². The Kier molecular flexibility index (Phi) is 3.07. The van der Waals surface area contributed by atoms with Gasteiger partial charge in [0.1, 0.15) is 0 Å². The summed E-state index contributed by atoms with van der Waals surface area (Å²) < 4.78 is 63.9. The lowest BCUT2D eigenvalue weighted by atomic mass is 9.99. The molecule has 0 aromatic heterocycles. The molecule has 0 aliphatic rings. The van der Waals surface area contributed by atoms with Gasteiger partial charge >= 0.3 is 6.18 Å². The Hall–Kier alpha value is -1.91. The Bertz CT molecular complexity index is 572. The van der Waals surface area contributed by atoms with Gasteiger partial charge in [-0.05, 0) is 29.8 Å². The normalized spacial score (nSPS) is 11.6. The van der Waals surface area contributed by atoms with Gasteiger partial charge in [0.05, 0.1) is 5.56 Å². The number of rotatable bonds is 1. The molecule has 0 saturated carbocycles. The fraction of sp³-hybridized carbons (Fsp3) is 0.0769. The molecule has 0 unspecified atom stereocenters. The smallest absolute Gasteiger partial charge is 0.204 e. The van der Waals surface area contributed by atoms with Gasteiger partial charge in [-0.2, -0.15) is 13.2 Å². The summed E-state index contributed by atoms with van der Waals surface area (Å²) in [6.07, 6.45) is -4.57. The van der Waals surface area contributed by atoms with Crippen LogP contribution in [-0.2, 0) is 6.18 Å². The number of benzene rings is 2. The van der Waals surface area contributed by atoms with Gasteiger partial charge in [-0.15, -0.1) is 0 Å². The van der Waals surface area contributed by atoms with Gasteiger partial charge in [0.15, 0.2) is 11.6 Å². The van der Waals surface area contributed by atoms with Crippen molar-refractivity contribution in [3.05, 3.63) is 59.7 Å². The van der Waals surface area contributed by atoms with Crippen LogP contribution in [-0.4, -0.2) is 0 Å². The van der Waals surface area contributed by atoms with Crippen molar-refractivity contribution in [3.8, 4) is 11.1 Å². The molecule has 0 aliphatic carbocycles. The van der Waals surface area contributed by atoms with Crippen molar-refractivity contribution >= 4 is 0 Å². The monoisotopic (exact) mass is 257 g/mol. The molecule has 93 valence electrons. The molecule has 18 heavy (non-hydrogen) atoms. The Morgan fingerprint density at radius 3 is 2.28 bits per heavy atom. The summed E-state index contributed by atoms with van der Waals surface area (Å²) in [5.41, 5.74) is -1.30. The Labute approximate surface area is 99.7 Å². The van der Waals surface area contributed by atoms with Gasteiger partial charge in [-0.1, -0.05) is 18.2 Å². The van der Waals surface area contributed by atoms with E-state index in [9.17, 15) is 22.0 Å². The number of alkyl halides is 3. The van der Waals surface area contributed by atoms with Gasteiger partial charge in [-0.3, -0.25) is 0 Å². The molecule has 0 heterocycles. The van der Waals surface area contributed by atoms with Crippen LogP contribution in [0.3, 0.4) is 0 Å². The van der Waals surface area contributed by atoms with Crippen molar-refractivity contribution in [2.45, 2.75) is 6.18 Å². The molecule has 0 amide bonds. The molecule has 2 aromatic rings. The molecule has 0 atom stereocenters. The highest BCUT2D eigenvalue weighted by atomic mass is 19.4. The molecule has 0 saturated heterocycles. The Morgan fingerprint density at radius 2 is 1.67 bits per heavy atom. The lowest BCUT2D eigenvalue weighted by molar-refractivity contribution is -0.137. The van der Waals surface area contributed by atoms with Gasteiger partial charge in [0.25, 0.3) is 0 Å². The van der Waals surface area contributed by atoms with Crippen molar-refractivity contribution in [1.29, 1.82) is 0 Å². The third-order valence-corrected chi connectivity index (χ3v) is 2.37. The molecule has 5 heteroatoms. The lowest BCUT2D eigenvalue weighted by Crippen LogP contribution is -2.07. The highest BCUT2D eigenvalue weighted by Gasteiger charge is 2.33. The van der Waals surface area contributed by atoms with E-state index in [-0.39, 0.29) is 11.1 Å². The first-order valence-corrected chi connectivity index (χ1v) is 4.93. The van der Waals surface area contributed by atoms with E-state index in [1.807, 2.05) is 0 Å². The topological polar surface area (TPSA) is 0 Å². The summed E-state index contributed by atoms with van der Waals surface area (Å²) in [7, 11) is 0. The summed E-state index contributed by atoms with van der Waals surface area (Å²) in [5.74, 6) is -2.30. The highest BCUT2D eigenvalue weighted by molar-refractivity contribution is 5.67. The van der Waals surface area contributed by atoms with Crippen molar-refractivity contribution in [2.75, 3.05) is 0 Å². The maximum atomic E-state index is 13.0. The van der Waals surface area contributed by atoms with E-state index >= 15 is 0 Å². The van der Waals surface area contributed by atoms with E-state index in [1.54, 1.807) is 0 Å². The molecular weight excluding hydrogens is 251 g/mol. The van der Waals surface area contributed by atoms with Crippen LogP contribution < -0.4 is 0 Å². The molecule has 2 rings (SSSR count). The lowest BCUT2D eigenvalue weighted by Gasteiger charge is -2.12. The molecule has 0 spiro atoms. The molecule has 0 N–H and O–H groups in total. The van der Waals surface area contributed by atoms with Crippen LogP contribution in [0.5, 0.6) is 0 Å².